The molecule has 1 fully saturated rings. The smallest absolute Gasteiger partial charge is 0.256 e. The molecule has 7 nitrogen and oxygen atoms in total. The number of piperidine rings is 1. The number of aromatic nitrogens is 2. The molecule has 7 heteroatoms. The number of carbonyl (C=O) groups is 1. The van der Waals surface area contributed by atoms with Crippen LogP contribution in [0.25, 0.3) is 11.3 Å². The summed E-state index contributed by atoms with van der Waals surface area (Å²) in [4.78, 5) is 23.7. The van der Waals surface area contributed by atoms with E-state index < -0.39 is 5.91 Å². The van der Waals surface area contributed by atoms with Crippen molar-refractivity contribution in [2.24, 2.45) is 5.73 Å². The van der Waals surface area contributed by atoms with Crippen LogP contribution < -0.4 is 15.8 Å². The third-order valence-electron chi connectivity index (χ3n) is 6.34. The summed E-state index contributed by atoms with van der Waals surface area (Å²) >= 11 is 0. The minimum atomic E-state index is -0.691. The van der Waals surface area contributed by atoms with E-state index in [2.05, 4.69) is 52.2 Å². The number of hydrogen-bond donors (Lipinski definition) is 2. The first-order valence-electron chi connectivity index (χ1n) is 11.3. The Morgan fingerprint density at radius 3 is 2.59 bits per heavy atom. The Hall–Kier alpha value is -3.89. The lowest BCUT2D eigenvalue weighted by atomic mass is 9.87. The molecule has 0 aliphatic carbocycles. The molecule has 2 aromatic carbocycles. The number of rotatable bonds is 6. The quantitative estimate of drug-likeness (QED) is 0.544. The predicted octanol–water partition coefficient (Wildman–Crippen LogP) is 4.09. The number of nitrogens with one attached hydrogen (secondary N) is 1. The van der Waals surface area contributed by atoms with E-state index in [4.69, 9.17) is 16.9 Å². The van der Waals surface area contributed by atoms with Crippen molar-refractivity contribution in [3.8, 4) is 29.5 Å². The van der Waals surface area contributed by atoms with Crippen molar-refractivity contribution < 1.29 is 9.53 Å². The molecule has 1 aromatic heterocycles. The van der Waals surface area contributed by atoms with Crippen LogP contribution >= 0.6 is 0 Å². The molecular formula is C27H29N5O2. The molecule has 2 heterocycles. The van der Waals surface area contributed by atoms with Gasteiger partial charge in [0.1, 0.15) is 5.56 Å². The lowest BCUT2D eigenvalue weighted by Crippen LogP contribution is -2.29. The molecular weight excluding hydrogens is 426 g/mol. The van der Waals surface area contributed by atoms with Gasteiger partial charge in [-0.25, -0.2) is 4.98 Å². The summed E-state index contributed by atoms with van der Waals surface area (Å²) in [7, 11) is 3.61. The molecule has 0 bridgehead atoms. The van der Waals surface area contributed by atoms with Crippen LogP contribution in [0.2, 0.25) is 0 Å². The Kier molecular flexibility index (Phi) is 6.80. The Bertz CT molecular complexity index is 1260. The van der Waals surface area contributed by atoms with Gasteiger partial charge in [0.2, 0.25) is 11.8 Å². The zero-order chi connectivity index (χ0) is 24.2. The van der Waals surface area contributed by atoms with Gasteiger partial charge in [-0.05, 0) is 75.1 Å². The number of anilines is 2. The third-order valence-corrected chi connectivity index (χ3v) is 6.34. The van der Waals surface area contributed by atoms with Crippen LogP contribution in [0.5, 0.6) is 5.88 Å². The van der Waals surface area contributed by atoms with E-state index in [0.717, 1.165) is 31.6 Å². The fourth-order valence-corrected chi connectivity index (χ4v) is 4.54. The number of terminal acetylenes is 1. The van der Waals surface area contributed by atoms with Gasteiger partial charge in [0, 0.05) is 16.8 Å². The van der Waals surface area contributed by atoms with Crippen LogP contribution in [0.4, 0.5) is 11.6 Å². The molecule has 0 unspecified atom stereocenters. The van der Waals surface area contributed by atoms with Gasteiger partial charge in [-0.1, -0.05) is 30.2 Å². The second kappa shape index (κ2) is 9.94. The summed E-state index contributed by atoms with van der Waals surface area (Å²) in [5.74, 6) is 2.90. The minimum absolute atomic E-state index is 0.0875. The number of ether oxygens (including phenoxy) is 1. The highest BCUT2D eigenvalue weighted by Gasteiger charge is 2.23. The number of nitrogens with zero attached hydrogens (tertiary/aromatic N) is 3. The zero-order valence-corrected chi connectivity index (χ0v) is 19.8. The van der Waals surface area contributed by atoms with E-state index in [0.29, 0.717) is 22.7 Å². The molecule has 1 aliphatic rings. The van der Waals surface area contributed by atoms with E-state index in [1.807, 2.05) is 18.2 Å². The van der Waals surface area contributed by atoms with Crippen LogP contribution in [0.15, 0.2) is 42.5 Å². The molecule has 1 amide bonds. The number of hydrogen-bond acceptors (Lipinski definition) is 6. The van der Waals surface area contributed by atoms with Gasteiger partial charge in [0.05, 0.1) is 12.8 Å². The Labute approximate surface area is 200 Å². The second-order valence-electron chi connectivity index (χ2n) is 8.61. The summed E-state index contributed by atoms with van der Waals surface area (Å²) in [5.41, 5.74) is 10.7. The Morgan fingerprint density at radius 1 is 1.21 bits per heavy atom. The molecule has 174 valence electrons. The van der Waals surface area contributed by atoms with E-state index in [1.54, 1.807) is 12.1 Å². The van der Waals surface area contributed by atoms with Crippen LogP contribution in [0, 0.1) is 19.3 Å². The Morgan fingerprint density at radius 2 is 1.94 bits per heavy atom. The number of amides is 1. The summed E-state index contributed by atoms with van der Waals surface area (Å²) < 4.78 is 5.40. The van der Waals surface area contributed by atoms with Gasteiger partial charge in [-0.15, -0.1) is 6.42 Å². The van der Waals surface area contributed by atoms with Crippen LogP contribution in [-0.2, 0) is 0 Å². The van der Waals surface area contributed by atoms with Crippen molar-refractivity contribution in [1.82, 2.24) is 14.9 Å². The van der Waals surface area contributed by atoms with Gasteiger partial charge < -0.3 is 20.7 Å². The number of nitrogens with two attached hydrogens (primary N) is 1. The monoisotopic (exact) mass is 455 g/mol. The SMILES string of the molecule is C#Cc1ccccc1-c1nc(Nc2ccc(C3CCN(C)CC3)c(C)c2)nc(OC)c1C(N)=O. The highest BCUT2D eigenvalue weighted by atomic mass is 16.5. The van der Waals surface area contributed by atoms with Gasteiger partial charge in [0.15, 0.2) is 0 Å². The number of primary amides is 1. The van der Waals surface area contributed by atoms with E-state index in [9.17, 15) is 4.79 Å². The molecule has 3 aromatic rings. The topological polar surface area (TPSA) is 93.4 Å². The van der Waals surface area contributed by atoms with Crippen LogP contribution in [0.3, 0.4) is 0 Å². The van der Waals surface area contributed by atoms with Crippen molar-refractivity contribution in [3.05, 3.63) is 64.7 Å². The minimum Gasteiger partial charge on any atom is -0.480 e. The summed E-state index contributed by atoms with van der Waals surface area (Å²) in [6.07, 6.45) is 8.01. The molecule has 0 spiro atoms. The number of aryl methyl sites for hydroxylation is 1. The Balaban J connectivity index is 1.71. The maximum absolute atomic E-state index is 12.3. The average molecular weight is 456 g/mol. The van der Waals surface area contributed by atoms with Crippen molar-refractivity contribution in [2.75, 3.05) is 32.6 Å². The summed E-state index contributed by atoms with van der Waals surface area (Å²) in [6, 6.07) is 13.6. The average Bonchev–Trinajstić information content (AvgIpc) is 2.84. The van der Waals surface area contributed by atoms with Crippen molar-refractivity contribution in [2.45, 2.75) is 25.7 Å². The van der Waals surface area contributed by atoms with Gasteiger partial charge in [0.25, 0.3) is 5.91 Å². The number of likely N-dealkylation sites (tertiary alicyclic amines) is 1. The van der Waals surface area contributed by atoms with Gasteiger partial charge in [-0.3, -0.25) is 4.79 Å². The maximum atomic E-state index is 12.3. The zero-order valence-electron chi connectivity index (χ0n) is 19.8. The molecule has 0 saturated carbocycles. The van der Waals surface area contributed by atoms with E-state index >= 15 is 0 Å². The first kappa shape index (κ1) is 23.3. The molecule has 1 aliphatic heterocycles. The third kappa shape index (κ3) is 4.73. The molecule has 4 rings (SSSR count). The van der Waals surface area contributed by atoms with Crippen LogP contribution in [0.1, 0.15) is 45.8 Å². The fourth-order valence-electron chi connectivity index (χ4n) is 4.54. The molecule has 0 radical (unpaired) electrons. The summed E-state index contributed by atoms with van der Waals surface area (Å²) in [5, 5.41) is 3.26. The number of methoxy groups -OCH3 is 1. The second-order valence-corrected chi connectivity index (χ2v) is 8.61. The molecule has 34 heavy (non-hydrogen) atoms. The lowest BCUT2D eigenvalue weighted by Gasteiger charge is -2.30. The van der Waals surface area contributed by atoms with Crippen molar-refractivity contribution >= 4 is 17.5 Å². The highest BCUT2D eigenvalue weighted by Crippen LogP contribution is 2.34. The number of benzene rings is 2. The highest BCUT2D eigenvalue weighted by molar-refractivity contribution is 6.01. The van der Waals surface area contributed by atoms with E-state index in [1.165, 1.54) is 18.2 Å². The van der Waals surface area contributed by atoms with Crippen molar-refractivity contribution in [1.29, 1.82) is 0 Å². The largest absolute Gasteiger partial charge is 0.480 e. The normalized spacial score (nSPS) is 14.4. The standard InChI is InChI=1S/C27H29N5O2/c1-5-18-8-6-7-9-22(18)24-23(25(28)33)26(34-4)31-27(30-24)29-20-10-11-21(17(2)16-20)19-12-14-32(3)15-13-19/h1,6-11,16,19H,12-15H2,2-4H3,(H2,28,33)(H,29,30,31). The van der Waals surface area contributed by atoms with E-state index in [-0.39, 0.29) is 17.4 Å². The summed E-state index contributed by atoms with van der Waals surface area (Å²) in [6.45, 7) is 4.36. The first-order chi connectivity index (χ1) is 16.4. The molecule has 0 atom stereocenters. The van der Waals surface area contributed by atoms with Crippen LogP contribution in [-0.4, -0.2) is 48.0 Å². The van der Waals surface area contributed by atoms with Gasteiger partial charge in [-0.2, -0.15) is 4.98 Å². The molecule has 1 saturated heterocycles. The first-order valence-corrected chi connectivity index (χ1v) is 11.3. The van der Waals surface area contributed by atoms with Gasteiger partial charge >= 0.3 is 0 Å². The lowest BCUT2D eigenvalue weighted by molar-refractivity contribution is 0.0997. The van der Waals surface area contributed by atoms with Crippen molar-refractivity contribution in [3.63, 3.8) is 0 Å². The number of carbonyl (C=O) groups excluding carboxylic acids is 1. The molecule has 3 N–H and O–H groups in total. The maximum Gasteiger partial charge on any atom is 0.256 e. The predicted molar refractivity (Wildman–Crippen MR) is 134 cm³/mol. The fraction of sp³-hybridized carbons (Fsp3) is 0.296.